The fourth-order valence-corrected chi connectivity index (χ4v) is 2.58. The lowest BCUT2D eigenvalue weighted by molar-refractivity contribution is -0.386. The van der Waals surface area contributed by atoms with Gasteiger partial charge in [0.15, 0.2) is 5.75 Å². The van der Waals surface area contributed by atoms with Gasteiger partial charge in [-0.3, -0.25) is 10.1 Å². The van der Waals surface area contributed by atoms with E-state index < -0.39 is 4.92 Å². The average molecular weight is 302 g/mol. The second-order valence-electron chi connectivity index (χ2n) is 4.23. The van der Waals surface area contributed by atoms with Gasteiger partial charge in [-0.1, -0.05) is 24.0 Å². The van der Waals surface area contributed by atoms with Crippen LogP contribution in [0.2, 0.25) is 0 Å². The van der Waals surface area contributed by atoms with E-state index in [1.807, 2.05) is 11.4 Å². The van der Waals surface area contributed by atoms with Crippen LogP contribution in [0.3, 0.4) is 0 Å². The zero-order chi connectivity index (χ0) is 15.2. The fraction of sp³-hybridized carbons (Fsp3) is 0.200. The van der Waals surface area contributed by atoms with Gasteiger partial charge in [0.2, 0.25) is 0 Å². The molecule has 2 N–H and O–H groups in total. The number of nitro groups is 1. The van der Waals surface area contributed by atoms with Crippen LogP contribution in [-0.2, 0) is 6.61 Å². The van der Waals surface area contributed by atoms with Crippen LogP contribution in [0, 0.1) is 28.9 Å². The normalized spacial score (nSPS) is 9.81. The van der Waals surface area contributed by atoms with E-state index in [4.69, 9.17) is 10.5 Å². The van der Waals surface area contributed by atoms with E-state index in [2.05, 4.69) is 11.8 Å². The topological polar surface area (TPSA) is 78.4 Å². The second-order valence-corrected chi connectivity index (χ2v) is 5.23. The Morgan fingerprint density at radius 1 is 1.43 bits per heavy atom. The first-order valence-electron chi connectivity index (χ1n) is 6.25. The highest BCUT2D eigenvalue weighted by Crippen LogP contribution is 2.31. The minimum absolute atomic E-state index is 0.00338. The van der Waals surface area contributed by atoms with Gasteiger partial charge in [0.05, 0.1) is 16.3 Å². The van der Waals surface area contributed by atoms with Crippen molar-refractivity contribution >= 4 is 17.0 Å². The number of nitrogens with two attached hydrogens (primary N) is 1. The Morgan fingerprint density at radius 2 is 2.24 bits per heavy atom. The van der Waals surface area contributed by atoms with Crippen molar-refractivity contribution in [2.75, 3.05) is 6.54 Å². The van der Waals surface area contributed by atoms with E-state index in [1.54, 1.807) is 25.1 Å². The van der Waals surface area contributed by atoms with E-state index in [-0.39, 0.29) is 18.0 Å². The van der Waals surface area contributed by atoms with Gasteiger partial charge in [0.25, 0.3) is 0 Å². The number of ether oxygens (including phenoxy) is 1. The lowest BCUT2D eigenvalue weighted by Gasteiger charge is -2.07. The summed E-state index contributed by atoms with van der Waals surface area (Å²) in [6, 6.07) is 6.91. The van der Waals surface area contributed by atoms with E-state index in [1.165, 1.54) is 11.3 Å². The van der Waals surface area contributed by atoms with E-state index >= 15 is 0 Å². The maximum Gasteiger partial charge on any atom is 0.313 e. The average Bonchev–Trinajstić information content (AvgIpc) is 2.89. The van der Waals surface area contributed by atoms with E-state index in [0.717, 1.165) is 10.4 Å². The van der Waals surface area contributed by atoms with Crippen LogP contribution in [0.25, 0.3) is 0 Å². The van der Waals surface area contributed by atoms with Crippen LogP contribution in [0.4, 0.5) is 5.69 Å². The van der Waals surface area contributed by atoms with Crippen LogP contribution in [0.15, 0.2) is 29.6 Å². The molecule has 1 aromatic carbocycles. The molecule has 0 spiro atoms. The Hall–Kier alpha value is -2.36. The molecule has 0 saturated carbocycles. The van der Waals surface area contributed by atoms with Crippen molar-refractivity contribution in [3.05, 3.63) is 55.8 Å². The number of para-hydroxylation sites is 1. The molecule has 2 aromatic rings. The number of hydrogen-bond acceptors (Lipinski definition) is 5. The number of rotatable bonds is 4. The molecule has 0 aliphatic carbocycles. The highest BCUT2D eigenvalue weighted by Gasteiger charge is 2.18. The summed E-state index contributed by atoms with van der Waals surface area (Å²) in [5.41, 5.74) is 6.78. The predicted octanol–water partition coefficient (Wildman–Crippen LogP) is 2.85. The predicted molar refractivity (Wildman–Crippen MR) is 82.4 cm³/mol. The van der Waals surface area contributed by atoms with Crippen molar-refractivity contribution in [3.8, 4) is 17.6 Å². The van der Waals surface area contributed by atoms with Gasteiger partial charge in [0.1, 0.15) is 6.61 Å². The molecule has 2 rings (SSSR count). The van der Waals surface area contributed by atoms with Crippen molar-refractivity contribution in [2.24, 2.45) is 5.73 Å². The summed E-state index contributed by atoms with van der Waals surface area (Å²) in [6.45, 7) is 2.23. The summed E-state index contributed by atoms with van der Waals surface area (Å²) in [6.07, 6.45) is 0. The summed E-state index contributed by atoms with van der Waals surface area (Å²) in [5, 5.41) is 13.0. The lowest BCUT2D eigenvalue weighted by Crippen LogP contribution is -2.00. The summed E-state index contributed by atoms with van der Waals surface area (Å²) >= 11 is 1.50. The van der Waals surface area contributed by atoms with Crippen LogP contribution < -0.4 is 10.5 Å². The molecule has 0 amide bonds. The van der Waals surface area contributed by atoms with Crippen LogP contribution in [0.1, 0.15) is 16.0 Å². The summed E-state index contributed by atoms with van der Waals surface area (Å²) < 4.78 is 5.61. The van der Waals surface area contributed by atoms with Gasteiger partial charge in [0, 0.05) is 11.1 Å². The highest BCUT2D eigenvalue weighted by atomic mass is 32.1. The first kappa shape index (κ1) is 15.0. The first-order valence-corrected chi connectivity index (χ1v) is 7.13. The van der Waals surface area contributed by atoms with Gasteiger partial charge >= 0.3 is 5.69 Å². The lowest BCUT2D eigenvalue weighted by atomic mass is 10.2. The second kappa shape index (κ2) is 6.88. The van der Waals surface area contributed by atoms with Gasteiger partial charge < -0.3 is 10.5 Å². The molecular weight excluding hydrogens is 288 g/mol. The Morgan fingerprint density at radius 3 is 2.95 bits per heavy atom. The number of benzene rings is 1. The number of aryl methyl sites for hydroxylation is 1. The Bertz CT molecular complexity index is 713. The number of hydrogen-bond donors (Lipinski definition) is 1. The summed E-state index contributed by atoms with van der Waals surface area (Å²) in [4.78, 5) is 11.6. The third-order valence-corrected chi connectivity index (χ3v) is 3.71. The molecule has 0 saturated heterocycles. The monoisotopic (exact) mass is 302 g/mol. The molecule has 21 heavy (non-hydrogen) atoms. The highest BCUT2D eigenvalue weighted by molar-refractivity contribution is 7.10. The smallest absolute Gasteiger partial charge is 0.313 e. The molecule has 108 valence electrons. The van der Waals surface area contributed by atoms with Gasteiger partial charge in [-0.15, -0.1) is 11.3 Å². The zero-order valence-electron chi connectivity index (χ0n) is 11.5. The zero-order valence-corrected chi connectivity index (χ0v) is 12.3. The van der Waals surface area contributed by atoms with Crippen molar-refractivity contribution in [1.29, 1.82) is 0 Å². The number of nitrogens with zero attached hydrogens (tertiary/aromatic N) is 1. The van der Waals surface area contributed by atoms with Crippen LogP contribution in [0.5, 0.6) is 5.75 Å². The molecule has 0 unspecified atom stereocenters. The molecule has 5 nitrogen and oxygen atoms in total. The van der Waals surface area contributed by atoms with Crippen molar-refractivity contribution in [3.63, 3.8) is 0 Å². The molecule has 0 bridgehead atoms. The first-order chi connectivity index (χ1) is 10.1. The van der Waals surface area contributed by atoms with Crippen molar-refractivity contribution < 1.29 is 9.66 Å². The largest absolute Gasteiger partial charge is 0.481 e. The van der Waals surface area contributed by atoms with Crippen LogP contribution in [-0.4, -0.2) is 11.5 Å². The molecule has 6 heteroatoms. The summed E-state index contributed by atoms with van der Waals surface area (Å²) in [7, 11) is 0. The van der Waals surface area contributed by atoms with E-state index in [9.17, 15) is 10.1 Å². The Kier molecular flexibility index (Phi) is 4.93. The maximum absolute atomic E-state index is 11.1. The summed E-state index contributed by atoms with van der Waals surface area (Å²) in [5.74, 6) is 6.02. The fourth-order valence-electron chi connectivity index (χ4n) is 1.84. The Labute approximate surface area is 126 Å². The minimum atomic E-state index is -0.422. The molecule has 1 heterocycles. The molecule has 0 fully saturated rings. The van der Waals surface area contributed by atoms with Crippen molar-refractivity contribution in [1.82, 2.24) is 0 Å². The van der Waals surface area contributed by atoms with Gasteiger partial charge in [-0.25, -0.2) is 0 Å². The van der Waals surface area contributed by atoms with Crippen molar-refractivity contribution in [2.45, 2.75) is 13.5 Å². The SMILES string of the molecule is Cc1cccc(OCc2sccc2C#CCN)c1[N+](=O)[O-]. The molecule has 0 aliphatic heterocycles. The quantitative estimate of drug-likeness (QED) is 0.535. The third-order valence-electron chi connectivity index (χ3n) is 2.81. The Balaban J connectivity index is 2.20. The standard InChI is InChI=1S/C15H14N2O3S/c1-11-4-2-6-13(15(11)17(18)19)20-10-14-12(5-3-8-16)7-9-21-14/h2,4,6-7,9H,8,10,16H2,1H3. The van der Waals surface area contributed by atoms with Crippen LogP contribution >= 0.6 is 11.3 Å². The third kappa shape index (κ3) is 3.60. The maximum atomic E-state index is 11.1. The van der Waals surface area contributed by atoms with Gasteiger partial charge in [-0.05, 0) is 24.4 Å². The molecule has 0 radical (unpaired) electrons. The molecule has 0 atom stereocenters. The molecule has 1 aromatic heterocycles. The van der Waals surface area contributed by atoms with E-state index in [0.29, 0.717) is 12.1 Å². The van der Waals surface area contributed by atoms with Gasteiger partial charge in [-0.2, -0.15) is 0 Å². The number of nitro benzene ring substituents is 1. The molecular formula is C15H14N2O3S. The minimum Gasteiger partial charge on any atom is -0.481 e. The number of thiophene rings is 1. The molecule has 0 aliphatic rings.